The van der Waals surface area contributed by atoms with Crippen LogP contribution in [-0.4, -0.2) is 72.8 Å². The first kappa shape index (κ1) is 19.2. The van der Waals surface area contributed by atoms with Crippen molar-refractivity contribution in [1.82, 2.24) is 9.80 Å². The van der Waals surface area contributed by atoms with Crippen LogP contribution < -0.4 is 5.32 Å². The van der Waals surface area contributed by atoms with E-state index in [0.717, 1.165) is 25.1 Å². The maximum absolute atomic E-state index is 12.5. The number of urea groups is 1. The minimum absolute atomic E-state index is 0.180. The third-order valence-electron chi connectivity index (χ3n) is 4.50. The normalized spacial score (nSPS) is 16.4. The Hall–Kier alpha value is -2.12. The Labute approximate surface area is 148 Å². The minimum atomic E-state index is -0.432. The summed E-state index contributed by atoms with van der Waals surface area (Å²) in [5.74, 6) is -0.432. The molecule has 25 heavy (non-hydrogen) atoms. The Kier molecular flexibility index (Phi) is 6.78. The second-order valence-corrected chi connectivity index (χ2v) is 6.30. The van der Waals surface area contributed by atoms with Crippen LogP contribution in [0.3, 0.4) is 0 Å². The summed E-state index contributed by atoms with van der Waals surface area (Å²) in [6.07, 6.45) is 0.417. The molecular weight excluding hydrogens is 322 g/mol. The fourth-order valence-electron chi connectivity index (χ4n) is 2.76. The van der Waals surface area contributed by atoms with E-state index >= 15 is 0 Å². The second-order valence-electron chi connectivity index (χ2n) is 6.30. The Bertz CT molecular complexity index is 612. The molecule has 1 aliphatic heterocycles. The van der Waals surface area contributed by atoms with E-state index in [0.29, 0.717) is 30.9 Å². The highest BCUT2D eigenvalue weighted by atomic mass is 16.5. The van der Waals surface area contributed by atoms with E-state index in [4.69, 9.17) is 4.74 Å². The van der Waals surface area contributed by atoms with Gasteiger partial charge in [-0.1, -0.05) is 13.0 Å². The highest BCUT2D eigenvalue weighted by Gasteiger charge is 2.22. The van der Waals surface area contributed by atoms with Gasteiger partial charge < -0.3 is 20.1 Å². The van der Waals surface area contributed by atoms with Crippen molar-refractivity contribution in [3.63, 3.8) is 0 Å². The number of ether oxygens (including phenoxy) is 1. The molecule has 1 aromatic rings. The number of aliphatic hydroxyl groups is 1. The summed E-state index contributed by atoms with van der Waals surface area (Å²) in [6, 6.07) is 4.91. The van der Waals surface area contributed by atoms with Gasteiger partial charge in [-0.05, 0) is 31.0 Å². The maximum Gasteiger partial charge on any atom is 0.337 e. The Morgan fingerprint density at radius 3 is 2.56 bits per heavy atom. The summed E-state index contributed by atoms with van der Waals surface area (Å²) < 4.78 is 4.72. The number of hydrogen-bond acceptors (Lipinski definition) is 5. The molecule has 0 radical (unpaired) electrons. The number of carbonyl (C=O) groups is 2. The third kappa shape index (κ3) is 5.17. The molecule has 0 spiro atoms. The molecule has 0 aliphatic carbocycles. The molecule has 1 heterocycles. The van der Waals surface area contributed by atoms with Crippen LogP contribution in [0.2, 0.25) is 0 Å². The Morgan fingerprint density at radius 2 is 1.96 bits per heavy atom. The summed E-state index contributed by atoms with van der Waals surface area (Å²) in [4.78, 5) is 28.0. The van der Waals surface area contributed by atoms with Gasteiger partial charge in [-0.15, -0.1) is 0 Å². The van der Waals surface area contributed by atoms with Gasteiger partial charge in [-0.3, -0.25) is 4.90 Å². The number of amides is 2. The number of piperazine rings is 1. The number of carbonyl (C=O) groups excluding carboxylic acids is 2. The van der Waals surface area contributed by atoms with Crippen molar-refractivity contribution in [2.45, 2.75) is 26.4 Å². The molecule has 0 aromatic heterocycles. The zero-order chi connectivity index (χ0) is 18.4. The molecule has 1 atom stereocenters. The van der Waals surface area contributed by atoms with Crippen LogP contribution in [0.4, 0.5) is 10.5 Å². The van der Waals surface area contributed by atoms with E-state index in [-0.39, 0.29) is 12.1 Å². The van der Waals surface area contributed by atoms with Crippen molar-refractivity contribution in [3.8, 4) is 0 Å². The van der Waals surface area contributed by atoms with Crippen LogP contribution in [-0.2, 0) is 4.74 Å². The molecule has 138 valence electrons. The van der Waals surface area contributed by atoms with Crippen molar-refractivity contribution in [2.75, 3.05) is 45.2 Å². The second kappa shape index (κ2) is 8.82. The number of aryl methyl sites for hydroxylation is 1. The van der Waals surface area contributed by atoms with Gasteiger partial charge in [0.2, 0.25) is 0 Å². The van der Waals surface area contributed by atoms with Crippen molar-refractivity contribution >= 4 is 17.7 Å². The number of hydrogen-bond donors (Lipinski definition) is 2. The van der Waals surface area contributed by atoms with Gasteiger partial charge in [0.25, 0.3) is 0 Å². The summed E-state index contributed by atoms with van der Waals surface area (Å²) in [5.41, 5.74) is 1.89. The highest BCUT2D eigenvalue weighted by molar-refractivity contribution is 5.94. The van der Waals surface area contributed by atoms with Crippen molar-refractivity contribution in [2.24, 2.45) is 0 Å². The quantitative estimate of drug-likeness (QED) is 0.791. The lowest BCUT2D eigenvalue weighted by atomic mass is 10.1. The first-order valence-electron chi connectivity index (χ1n) is 8.60. The lowest BCUT2D eigenvalue weighted by Crippen LogP contribution is -2.51. The van der Waals surface area contributed by atoms with E-state index in [2.05, 4.69) is 10.2 Å². The molecule has 7 nitrogen and oxygen atoms in total. The molecule has 1 aromatic carbocycles. The van der Waals surface area contributed by atoms with Gasteiger partial charge in [0.05, 0.1) is 18.8 Å². The molecular formula is C18H27N3O4. The number of anilines is 1. The molecule has 2 amide bonds. The van der Waals surface area contributed by atoms with Gasteiger partial charge in [0, 0.05) is 38.4 Å². The van der Waals surface area contributed by atoms with Gasteiger partial charge in [-0.2, -0.15) is 0 Å². The van der Waals surface area contributed by atoms with Crippen LogP contribution in [0.1, 0.15) is 29.3 Å². The predicted octanol–water partition coefficient (Wildman–Crippen LogP) is 1.70. The van der Waals surface area contributed by atoms with Crippen LogP contribution in [0, 0.1) is 6.92 Å². The van der Waals surface area contributed by atoms with E-state index < -0.39 is 5.97 Å². The monoisotopic (exact) mass is 349 g/mol. The summed E-state index contributed by atoms with van der Waals surface area (Å²) >= 11 is 0. The van der Waals surface area contributed by atoms with Crippen molar-refractivity contribution in [3.05, 3.63) is 29.3 Å². The molecule has 2 N–H and O–H groups in total. The first-order chi connectivity index (χ1) is 11.9. The van der Waals surface area contributed by atoms with Crippen molar-refractivity contribution in [1.29, 1.82) is 0 Å². The van der Waals surface area contributed by atoms with Crippen LogP contribution in [0.5, 0.6) is 0 Å². The Balaban J connectivity index is 1.94. The fraction of sp³-hybridized carbons (Fsp3) is 0.556. The van der Waals surface area contributed by atoms with E-state index in [9.17, 15) is 14.7 Å². The van der Waals surface area contributed by atoms with Crippen LogP contribution in [0.15, 0.2) is 18.2 Å². The average molecular weight is 349 g/mol. The van der Waals surface area contributed by atoms with Gasteiger partial charge >= 0.3 is 12.0 Å². The number of esters is 1. The topological polar surface area (TPSA) is 82.1 Å². The van der Waals surface area contributed by atoms with Crippen molar-refractivity contribution < 1.29 is 19.4 Å². The number of benzene rings is 1. The molecule has 7 heteroatoms. The average Bonchev–Trinajstić information content (AvgIpc) is 2.63. The number of β-amino-alcohol motifs (C(OH)–C–C–N with tert-alkyl or cyclic N) is 1. The summed E-state index contributed by atoms with van der Waals surface area (Å²) in [5, 5.41) is 12.6. The largest absolute Gasteiger partial charge is 0.465 e. The molecule has 1 unspecified atom stereocenters. The van der Waals surface area contributed by atoms with E-state index in [1.165, 1.54) is 7.11 Å². The molecule has 1 fully saturated rings. The van der Waals surface area contributed by atoms with Gasteiger partial charge in [-0.25, -0.2) is 9.59 Å². The van der Waals surface area contributed by atoms with E-state index in [1.807, 2.05) is 13.8 Å². The highest BCUT2D eigenvalue weighted by Crippen LogP contribution is 2.18. The third-order valence-corrected chi connectivity index (χ3v) is 4.50. The van der Waals surface area contributed by atoms with Gasteiger partial charge in [0.1, 0.15) is 0 Å². The number of rotatable bonds is 5. The maximum atomic E-state index is 12.5. The molecule has 2 rings (SSSR count). The summed E-state index contributed by atoms with van der Waals surface area (Å²) in [7, 11) is 1.33. The zero-order valence-corrected chi connectivity index (χ0v) is 15.1. The molecule has 0 saturated carbocycles. The number of nitrogens with one attached hydrogen (secondary N) is 1. The van der Waals surface area contributed by atoms with Crippen LogP contribution in [0.25, 0.3) is 0 Å². The minimum Gasteiger partial charge on any atom is -0.465 e. The summed E-state index contributed by atoms with van der Waals surface area (Å²) in [6.45, 7) is 7.18. The number of methoxy groups -OCH3 is 1. The standard InChI is InChI=1S/C18H27N3O4/c1-4-15(22)12-20-7-9-21(10-8-20)18(24)19-16-11-14(17(23)25-3)6-5-13(16)2/h5-6,11,15,22H,4,7-10,12H2,1-3H3,(H,19,24). The Morgan fingerprint density at radius 1 is 1.28 bits per heavy atom. The zero-order valence-electron chi connectivity index (χ0n) is 15.1. The number of nitrogens with zero attached hydrogens (tertiary/aromatic N) is 2. The first-order valence-corrected chi connectivity index (χ1v) is 8.60. The number of aliphatic hydroxyl groups excluding tert-OH is 1. The lowest BCUT2D eigenvalue weighted by molar-refractivity contribution is 0.0600. The van der Waals surface area contributed by atoms with E-state index in [1.54, 1.807) is 23.1 Å². The molecule has 1 saturated heterocycles. The SMILES string of the molecule is CCC(O)CN1CCN(C(=O)Nc2cc(C(=O)OC)ccc2C)CC1. The molecule has 0 bridgehead atoms. The van der Waals surface area contributed by atoms with Crippen LogP contribution >= 0.6 is 0 Å². The van der Waals surface area contributed by atoms with Gasteiger partial charge in [0.15, 0.2) is 0 Å². The predicted molar refractivity (Wildman–Crippen MR) is 95.8 cm³/mol. The fourth-order valence-corrected chi connectivity index (χ4v) is 2.76. The smallest absolute Gasteiger partial charge is 0.337 e. The lowest BCUT2D eigenvalue weighted by Gasteiger charge is -2.35. The molecule has 1 aliphatic rings.